The Morgan fingerprint density at radius 2 is 1.73 bits per heavy atom. The molecule has 8 heteroatoms. The van der Waals surface area contributed by atoms with Gasteiger partial charge in [-0.1, -0.05) is 32.0 Å². The molecular weight excluding hydrogens is 471 g/mol. The van der Waals surface area contributed by atoms with E-state index in [1.807, 2.05) is 32.0 Å². The number of amides is 2. The highest BCUT2D eigenvalue weighted by atomic mass is 19.1. The van der Waals surface area contributed by atoms with Crippen molar-refractivity contribution in [1.82, 2.24) is 4.98 Å². The lowest BCUT2D eigenvalue weighted by atomic mass is 9.68. The minimum absolute atomic E-state index is 0.0295. The molecule has 2 N–H and O–H groups in total. The fraction of sp³-hybridized carbons (Fsp3) is 0.345. The second-order valence-corrected chi connectivity index (χ2v) is 11.1. The number of pyridine rings is 1. The Bertz CT molecular complexity index is 1490. The van der Waals surface area contributed by atoms with Gasteiger partial charge < -0.3 is 20.1 Å². The van der Waals surface area contributed by atoms with Gasteiger partial charge in [0.2, 0.25) is 11.5 Å². The molecule has 0 bridgehead atoms. The normalized spacial score (nSPS) is 19.4. The largest absolute Gasteiger partial charge is 0.358 e. The first kappa shape index (κ1) is 23.5. The number of carbonyl (C=O) groups excluding carboxylic acids is 2. The van der Waals surface area contributed by atoms with Gasteiger partial charge in [-0.3, -0.25) is 14.4 Å². The molecule has 0 atom stereocenters. The number of carbonyl (C=O) groups is 2. The van der Waals surface area contributed by atoms with Gasteiger partial charge in [-0.15, -0.1) is 0 Å². The van der Waals surface area contributed by atoms with Crippen LogP contribution in [0.5, 0.6) is 0 Å². The number of halogens is 1. The number of piperidine rings is 1. The highest BCUT2D eigenvalue weighted by Gasteiger charge is 2.43. The van der Waals surface area contributed by atoms with Gasteiger partial charge >= 0.3 is 0 Å². The maximum Gasteiger partial charge on any atom is 0.258 e. The Balaban J connectivity index is 1.26. The van der Waals surface area contributed by atoms with E-state index >= 15 is 0 Å². The quantitative estimate of drug-likeness (QED) is 0.549. The van der Waals surface area contributed by atoms with Crippen molar-refractivity contribution in [3.8, 4) is 0 Å². The molecule has 6 rings (SSSR count). The summed E-state index contributed by atoms with van der Waals surface area (Å²) in [6.45, 7) is 5.66. The van der Waals surface area contributed by atoms with Crippen LogP contribution < -0.4 is 20.7 Å². The Morgan fingerprint density at radius 1 is 0.973 bits per heavy atom. The summed E-state index contributed by atoms with van der Waals surface area (Å²) < 4.78 is 13.9. The third kappa shape index (κ3) is 3.91. The molecule has 7 nitrogen and oxygen atoms in total. The number of H-pyrrole nitrogens is 1. The van der Waals surface area contributed by atoms with E-state index in [1.165, 1.54) is 23.8 Å². The third-order valence-corrected chi connectivity index (χ3v) is 8.19. The van der Waals surface area contributed by atoms with E-state index in [1.54, 1.807) is 17.0 Å². The van der Waals surface area contributed by atoms with Crippen molar-refractivity contribution < 1.29 is 14.0 Å². The Hall–Kier alpha value is -3.94. The number of nitrogens with one attached hydrogen (secondary N) is 2. The summed E-state index contributed by atoms with van der Waals surface area (Å²) in [7, 11) is 0. The third-order valence-electron chi connectivity index (χ3n) is 8.19. The summed E-state index contributed by atoms with van der Waals surface area (Å²) in [4.78, 5) is 45.3. The van der Waals surface area contributed by atoms with Crippen molar-refractivity contribution >= 4 is 29.0 Å². The molecule has 0 aliphatic carbocycles. The van der Waals surface area contributed by atoms with Crippen molar-refractivity contribution in [2.75, 3.05) is 34.8 Å². The molecule has 2 aromatic carbocycles. The topological polar surface area (TPSA) is 85.5 Å². The van der Waals surface area contributed by atoms with Gasteiger partial charge in [0.05, 0.1) is 0 Å². The smallest absolute Gasteiger partial charge is 0.258 e. The summed E-state index contributed by atoms with van der Waals surface area (Å²) in [5.74, 6) is 0.0107. The summed E-state index contributed by atoms with van der Waals surface area (Å²) in [5.41, 5.74) is 2.82. The number of anilines is 3. The molecule has 1 saturated heterocycles. The number of para-hydroxylation sites is 1. The Morgan fingerprint density at radius 3 is 2.51 bits per heavy atom. The van der Waals surface area contributed by atoms with E-state index in [4.69, 9.17) is 0 Å². The summed E-state index contributed by atoms with van der Waals surface area (Å²) >= 11 is 0. The maximum absolute atomic E-state index is 13.9. The van der Waals surface area contributed by atoms with E-state index < -0.39 is 5.41 Å². The van der Waals surface area contributed by atoms with E-state index in [9.17, 15) is 18.8 Å². The van der Waals surface area contributed by atoms with Gasteiger partial charge in [0.25, 0.3) is 5.91 Å². The van der Waals surface area contributed by atoms with E-state index in [-0.39, 0.29) is 28.6 Å². The predicted molar refractivity (Wildman–Crippen MR) is 141 cm³/mol. The van der Waals surface area contributed by atoms with Crippen molar-refractivity contribution in [3.05, 3.63) is 87.5 Å². The fourth-order valence-corrected chi connectivity index (χ4v) is 6.28. The maximum atomic E-state index is 13.9. The van der Waals surface area contributed by atoms with Crippen molar-refractivity contribution in [3.63, 3.8) is 0 Å². The molecule has 1 fully saturated rings. The SMILES string of the molecule is CC1(C)CN(C(=O)c2cc(N3CCC4(CC3)CC(=O)Nc3ccccc34)[nH]c(=O)c2)c2ccc(F)cc21. The highest BCUT2D eigenvalue weighted by Crippen LogP contribution is 2.45. The zero-order chi connectivity index (χ0) is 25.9. The molecular formula is C29H29FN4O3. The Kier molecular flexibility index (Phi) is 5.26. The van der Waals surface area contributed by atoms with Gasteiger partial charge in [-0.05, 0) is 54.3 Å². The molecule has 3 aromatic rings. The molecule has 0 radical (unpaired) electrons. The van der Waals surface area contributed by atoms with Gasteiger partial charge in [0, 0.05) is 59.9 Å². The van der Waals surface area contributed by atoms with Gasteiger partial charge in [-0.2, -0.15) is 0 Å². The van der Waals surface area contributed by atoms with Gasteiger partial charge in [0.1, 0.15) is 11.6 Å². The number of hydrogen-bond acceptors (Lipinski definition) is 4. The zero-order valence-electron chi connectivity index (χ0n) is 20.9. The lowest BCUT2D eigenvalue weighted by Crippen LogP contribution is -2.47. The zero-order valence-corrected chi connectivity index (χ0v) is 20.9. The number of aromatic amines is 1. The first-order chi connectivity index (χ1) is 17.6. The lowest BCUT2D eigenvalue weighted by molar-refractivity contribution is -0.118. The standard InChI is InChI=1S/C29H29FN4O3/c1-28(2)17-34(23-8-7-19(30)15-21(23)28)27(37)18-13-24(32-25(35)14-18)33-11-9-29(10-12-33)16-26(36)31-22-6-4-3-5-20(22)29/h3-8,13-15H,9-12,16-17H2,1-2H3,(H,31,36)(H,32,35). The molecule has 0 saturated carbocycles. The van der Waals surface area contributed by atoms with Crippen LogP contribution in [-0.2, 0) is 15.6 Å². The van der Waals surface area contributed by atoms with Gasteiger partial charge in [-0.25, -0.2) is 4.39 Å². The molecule has 3 aliphatic heterocycles. The van der Waals surface area contributed by atoms with Crippen LogP contribution in [0.25, 0.3) is 0 Å². The molecule has 3 aliphatic rings. The minimum Gasteiger partial charge on any atom is -0.358 e. The number of hydrogen-bond donors (Lipinski definition) is 2. The lowest BCUT2D eigenvalue weighted by Gasteiger charge is -2.45. The van der Waals surface area contributed by atoms with Crippen LogP contribution >= 0.6 is 0 Å². The molecule has 190 valence electrons. The second-order valence-electron chi connectivity index (χ2n) is 11.1. The number of aromatic nitrogens is 1. The number of rotatable bonds is 2. The highest BCUT2D eigenvalue weighted by molar-refractivity contribution is 6.08. The molecule has 0 unspecified atom stereocenters. The molecule has 4 heterocycles. The first-order valence-corrected chi connectivity index (χ1v) is 12.7. The number of nitrogens with zero attached hydrogens (tertiary/aromatic N) is 2. The summed E-state index contributed by atoms with van der Waals surface area (Å²) in [6.07, 6.45) is 1.96. The Labute approximate surface area is 214 Å². The number of fused-ring (bicyclic) bond motifs is 3. The van der Waals surface area contributed by atoms with Crippen LogP contribution in [0.2, 0.25) is 0 Å². The van der Waals surface area contributed by atoms with Crippen molar-refractivity contribution in [2.24, 2.45) is 0 Å². The molecule has 1 spiro atoms. The van der Waals surface area contributed by atoms with E-state index in [0.29, 0.717) is 43.1 Å². The molecule has 1 aromatic heterocycles. The van der Waals surface area contributed by atoms with Crippen LogP contribution in [0.3, 0.4) is 0 Å². The average molecular weight is 501 g/mol. The predicted octanol–water partition coefficient (Wildman–Crippen LogP) is 4.33. The monoisotopic (exact) mass is 500 g/mol. The molecule has 37 heavy (non-hydrogen) atoms. The van der Waals surface area contributed by atoms with E-state index in [2.05, 4.69) is 21.3 Å². The van der Waals surface area contributed by atoms with Crippen LogP contribution in [0.1, 0.15) is 54.6 Å². The van der Waals surface area contributed by atoms with Gasteiger partial charge in [0.15, 0.2) is 0 Å². The second kappa shape index (κ2) is 8.30. The summed E-state index contributed by atoms with van der Waals surface area (Å²) in [6, 6.07) is 15.5. The van der Waals surface area contributed by atoms with Crippen LogP contribution in [0.4, 0.5) is 21.6 Å². The van der Waals surface area contributed by atoms with Crippen LogP contribution in [0.15, 0.2) is 59.4 Å². The van der Waals surface area contributed by atoms with Crippen molar-refractivity contribution in [1.29, 1.82) is 0 Å². The average Bonchev–Trinajstić information content (AvgIpc) is 3.13. The van der Waals surface area contributed by atoms with E-state index in [0.717, 1.165) is 24.1 Å². The number of benzene rings is 2. The van der Waals surface area contributed by atoms with Crippen LogP contribution in [-0.4, -0.2) is 36.4 Å². The minimum atomic E-state index is -0.402. The molecule has 2 amide bonds. The van der Waals surface area contributed by atoms with Crippen molar-refractivity contribution in [2.45, 2.75) is 43.9 Å². The first-order valence-electron chi connectivity index (χ1n) is 12.7. The fourth-order valence-electron chi connectivity index (χ4n) is 6.28. The summed E-state index contributed by atoms with van der Waals surface area (Å²) in [5, 5.41) is 2.98. The van der Waals surface area contributed by atoms with Crippen LogP contribution in [0, 0.1) is 5.82 Å².